The van der Waals surface area contributed by atoms with E-state index in [0.717, 1.165) is 23.5 Å². The van der Waals surface area contributed by atoms with E-state index in [1.807, 2.05) is 19.2 Å². The Hall–Kier alpha value is -1.36. The van der Waals surface area contributed by atoms with Gasteiger partial charge in [0.15, 0.2) is 10.7 Å². The highest BCUT2D eigenvalue weighted by molar-refractivity contribution is 7.15. The van der Waals surface area contributed by atoms with Crippen LogP contribution in [0, 0.1) is 6.92 Å². The van der Waals surface area contributed by atoms with E-state index in [2.05, 4.69) is 4.98 Å². The molecule has 4 nitrogen and oxygen atoms in total. The molecule has 0 atom stereocenters. The predicted octanol–water partition coefficient (Wildman–Crippen LogP) is 2.35. The van der Waals surface area contributed by atoms with Gasteiger partial charge in [0.25, 0.3) is 0 Å². The molecule has 2 aromatic heterocycles. The molecule has 0 aliphatic heterocycles. The first kappa shape index (κ1) is 10.2. The molecule has 2 aromatic rings. The zero-order valence-electron chi connectivity index (χ0n) is 8.65. The zero-order valence-corrected chi connectivity index (χ0v) is 9.47. The minimum atomic E-state index is -0.896. The van der Waals surface area contributed by atoms with Crippen LogP contribution in [0.3, 0.4) is 0 Å². The molecule has 0 radical (unpaired) electrons. The molecule has 1 N–H and O–H groups in total. The number of carboxylic acid groups (broad SMARTS) is 1. The van der Waals surface area contributed by atoms with Gasteiger partial charge >= 0.3 is 5.97 Å². The fourth-order valence-electron chi connectivity index (χ4n) is 1.67. The first-order chi connectivity index (χ1) is 7.15. The number of carbonyl (C=O) groups is 1. The summed E-state index contributed by atoms with van der Waals surface area (Å²) in [7, 11) is 0. The molecule has 2 heterocycles. The second-order valence-corrected chi connectivity index (χ2v) is 4.29. The van der Waals surface area contributed by atoms with E-state index in [9.17, 15) is 4.79 Å². The average Bonchev–Trinajstić information content (AvgIpc) is 2.67. The lowest BCUT2D eigenvalue weighted by Gasteiger charge is -1.98. The molecular formula is C10H12N2O2S. The third kappa shape index (κ3) is 1.52. The van der Waals surface area contributed by atoms with Gasteiger partial charge in [-0.25, -0.2) is 9.78 Å². The Bertz CT molecular complexity index is 513. The molecule has 0 aromatic carbocycles. The van der Waals surface area contributed by atoms with Gasteiger partial charge < -0.3 is 5.11 Å². The fourth-order valence-corrected chi connectivity index (χ4v) is 2.56. The number of carboxylic acids is 1. The van der Waals surface area contributed by atoms with Crippen molar-refractivity contribution >= 4 is 22.3 Å². The summed E-state index contributed by atoms with van der Waals surface area (Å²) in [6, 6.07) is 0. The van der Waals surface area contributed by atoms with E-state index in [4.69, 9.17) is 5.11 Å². The second kappa shape index (κ2) is 3.66. The van der Waals surface area contributed by atoms with E-state index in [1.165, 1.54) is 11.3 Å². The molecule has 0 saturated heterocycles. The van der Waals surface area contributed by atoms with Gasteiger partial charge in [-0.2, -0.15) is 0 Å². The van der Waals surface area contributed by atoms with Crippen LogP contribution < -0.4 is 0 Å². The largest absolute Gasteiger partial charge is 0.477 e. The molecule has 2 rings (SSSR count). The quantitative estimate of drug-likeness (QED) is 0.870. The van der Waals surface area contributed by atoms with E-state index in [-0.39, 0.29) is 0 Å². The number of aryl methyl sites for hydroxylation is 2. The Morgan fingerprint density at radius 1 is 1.67 bits per heavy atom. The van der Waals surface area contributed by atoms with Crippen LogP contribution in [0.5, 0.6) is 0 Å². The van der Waals surface area contributed by atoms with E-state index in [1.54, 1.807) is 4.40 Å². The van der Waals surface area contributed by atoms with Crippen molar-refractivity contribution in [3.63, 3.8) is 0 Å². The molecule has 5 heteroatoms. The average molecular weight is 224 g/mol. The van der Waals surface area contributed by atoms with Crippen LogP contribution in [-0.4, -0.2) is 20.5 Å². The van der Waals surface area contributed by atoms with Crippen LogP contribution in [0.15, 0.2) is 5.38 Å². The van der Waals surface area contributed by atoms with Gasteiger partial charge in [0.1, 0.15) is 0 Å². The Labute approximate surface area is 91.2 Å². The third-order valence-corrected chi connectivity index (χ3v) is 3.24. The van der Waals surface area contributed by atoms with Gasteiger partial charge in [-0.05, 0) is 13.3 Å². The van der Waals surface area contributed by atoms with Crippen molar-refractivity contribution < 1.29 is 9.90 Å². The lowest BCUT2D eigenvalue weighted by atomic mass is 10.2. The number of fused-ring (bicyclic) bond motifs is 1. The summed E-state index contributed by atoms with van der Waals surface area (Å²) < 4.78 is 1.72. The predicted molar refractivity (Wildman–Crippen MR) is 58.8 cm³/mol. The Kier molecular flexibility index (Phi) is 2.48. The van der Waals surface area contributed by atoms with Crippen LogP contribution in [0.2, 0.25) is 0 Å². The summed E-state index contributed by atoms with van der Waals surface area (Å²) in [6.45, 7) is 3.92. The number of imidazole rings is 1. The molecule has 0 aliphatic rings. The van der Waals surface area contributed by atoms with Crippen LogP contribution in [0.1, 0.15) is 35.2 Å². The first-order valence-electron chi connectivity index (χ1n) is 4.83. The molecule has 0 fully saturated rings. The monoisotopic (exact) mass is 224 g/mol. The first-order valence-corrected chi connectivity index (χ1v) is 5.71. The van der Waals surface area contributed by atoms with Gasteiger partial charge in [0, 0.05) is 11.1 Å². The Morgan fingerprint density at radius 2 is 2.40 bits per heavy atom. The van der Waals surface area contributed by atoms with E-state index in [0.29, 0.717) is 11.4 Å². The number of thiazole rings is 1. The summed E-state index contributed by atoms with van der Waals surface area (Å²) in [5.74, 6) is -0.896. The second-order valence-electron chi connectivity index (χ2n) is 3.46. The molecule has 0 spiro atoms. The standard InChI is InChI=1S/C10H12N2O2S/c1-3-4-7-8(9(13)14)12-6(2)5-15-10(12)11-7/h5H,3-4H2,1-2H3,(H,13,14). The third-order valence-electron chi connectivity index (χ3n) is 2.30. The molecule has 0 amide bonds. The highest BCUT2D eigenvalue weighted by Crippen LogP contribution is 2.21. The smallest absolute Gasteiger partial charge is 0.354 e. The van der Waals surface area contributed by atoms with Crippen LogP contribution in [-0.2, 0) is 6.42 Å². The van der Waals surface area contributed by atoms with Gasteiger partial charge in [0.05, 0.1) is 5.69 Å². The summed E-state index contributed by atoms with van der Waals surface area (Å²) in [6.07, 6.45) is 1.62. The molecule has 0 aliphatic carbocycles. The minimum Gasteiger partial charge on any atom is -0.477 e. The maximum atomic E-state index is 11.2. The lowest BCUT2D eigenvalue weighted by Crippen LogP contribution is -2.06. The maximum absolute atomic E-state index is 11.2. The number of nitrogens with zero attached hydrogens (tertiary/aromatic N) is 2. The highest BCUT2D eigenvalue weighted by atomic mass is 32.1. The number of rotatable bonds is 3. The normalized spacial score (nSPS) is 11.1. The fraction of sp³-hybridized carbons (Fsp3) is 0.400. The Morgan fingerprint density at radius 3 is 3.00 bits per heavy atom. The number of hydrogen-bond acceptors (Lipinski definition) is 3. The molecule has 15 heavy (non-hydrogen) atoms. The Balaban J connectivity index is 2.70. The maximum Gasteiger partial charge on any atom is 0.354 e. The van der Waals surface area contributed by atoms with Crippen LogP contribution >= 0.6 is 11.3 Å². The lowest BCUT2D eigenvalue weighted by molar-refractivity contribution is 0.0688. The van der Waals surface area contributed by atoms with Gasteiger partial charge in [-0.15, -0.1) is 11.3 Å². The SMILES string of the molecule is CCCc1nc2scc(C)n2c1C(=O)O. The van der Waals surface area contributed by atoms with E-state index < -0.39 is 5.97 Å². The van der Waals surface area contributed by atoms with E-state index >= 15 is 0 Å². The van der Waals surface area contributed by atoms with Gasteiger partial charge in [-0.1, -0.05) is 13.3 Å². The summed E-state index contributed by atoms with van der Waals surface area (Å²) in [4.78, 5) is 16.3. The molecule has 0 bridgehead atoms. The summed E-state index contributed by atoms with van der Waals surface area (Å²) >= 11 is 1.48. The van der Waals surface area contributed by atoms with Crippen LogP contribution in [0.25, 0.3) is 4.96 Å². The van der Waals surface area contributed by atoms with Crippen molar-refractivity contribution in [1.82, 2.24) is 9.38 Å². The van der Waals surface area contributed by atoms with Crippen molar-refractivity contribution in [2.24, 2.45) is 0 Å². The molecular weight excluding hydrogens is 212 g/mol. The molecule has 0 saturated carbocycles. The summed E-state index contributed by atoms with van der Waals surface area (Å²) in [5, 5.41) is 11.1. The van der Waals surface area contributed by atoms with Crippen molar-refractivity contribution in [1.29, 1.82) is 0 Å². The number of hydrogen-bond donors (Lipinski definition) is 1. The summed E-state index contributed by atoms with van der Waals surface area (Å²) in [5.41, 5.74) is 1.95. The zero-order chi connectivity index (χ0) is 11.0. The van der Waals surface area contributed by atoms with Crippen molar-refractivity contribution in [2.45, 2.75) is 26.7 Å². The van der Waals surface area contributed by atoms with Crippen LogP contribution in [0.4, 0.5) is 0 Å². The number of aromatic carboxylic acids is 1. The van der Waals surface area contributed by atoms with Crippen molar-refractivity contribution in [3.8, 4) is 0 Å². The minimum absolute atomic E-state index is 0.325. The van der Waals surface area contributed by atoms with Gasteiger partial charge in [0.2, 0.25) is 0 Å². The topological polar surface area (TPSA) is 54.6 Å². The van der Waals surface area contributed by atoms with Gasteiger partial charge in [-0.3, -0.25) is 4.40 Å². The molecule has 80 valence electrons. The van der Waals surface area contributed by atoms with Crippen molar-refractivity contribution in [2.75, 3.05) is 0 Å². The molecule has 0 unspecified atom stereocenters. The number of aromatic nitrogens is 2. The highest BCUT2D eigenvalue weighted by Gasteiger charge is 2.19. The van der Waals surface area contributed by atoms with Crippen molar-refractivity contribution in [3.05, 3.63) is 22.5 Å².